The van der Waals surface area contributed by atoms with E-state index in [4.69, 9.17) is 39.7 Å². The highest BCUT2D eigenvalue weighted by Crippen LogP contribution is 2.33. The Morgan fingerprint density at radius 1 is 0.688 bits per heavy atom. The number of rotatable bonds is 14. The summed E-state index contributed by atoms with van der Waals surface area (Å²) < 4.78 is 48.3. The van der Waals surface area contributed by atoms with Gasteiger partial charge in [-0.25, -0.2) is 28.8 Å². The highest BCUT2D eigenvalue weighted by molar-refractivity contribution is 5.99. The van der Waals surface area contributed by atoms with Crippen molar-refractivity contribution in [2.45, 2.75) is 31.0 Å². The van der Waals surface area contributed by atoms with Crippen LogP contribution in [-0.4, -0.2) is 99.9 Å². The van der Waals surface area contributed by atoms with Crippen LogP contribution in [-0.2, 0) is 44.6 Å². The first kappa shape index (κ1) is 45.4. The Hall–Kier alpha value is -8.16. The Labute approximate surface area is 364 Å². The van der Waals surface area contributed by atoms with Crippen LogP contribution in [0.3, 0.4) is 0 Å². The number of carbonyl (C=O) groups excluding carboxylic acids is 6. The first-order valence-electron chi connectivity index (χ1n) is 19.0. The van der Waals surface area contributed by atoms with Gasteiger partial charge in [-0.2, -0.15) is 5.26 Å². The van der Waals surface area contributed by atoms with Gasteiger partial charge in [-0.1, -0.05) is 6.07 Å². The van der Waals surface area contributed by atoms with Crippen LogP contribution < -0.4 is 14.2 Å². The number of aliphatic hydroxyl groups is 1. The van der Waals surface area contributed by atoms with Crippen molar-refractivity contribution >= 4 is 48.0 Å². The molecule has 0 radical (unpaired) electrons. The quantitative estimate of drug-likeness (QED) is 0.0452. The summed E-state index contributed by atoms with van der Waals surface area (Å²) in [4.78, 5) is 78.6. The van der Waals surface area contributed by atoms with Gasteiger partial charge >= 0.3 is 35.8 Å². The number of hydrogen-bond donors (Lipinski definition) is 1. The van der Waals surface area contributed by atoms with E-state index in [1.165, 1.54) is 118 Å². The molecule has 4 atom stereocenters. The molecule has 4 aromatic rings. The number of ether oxygens (including phenoxy) is 9. The van der Waals surface area contributed by atoms with Gasteiger partial charge in [0.15, 0.2) is 12.2 Å². The predicted molar refractivity (Wildman–Crippen MR) is 218 cm³/mol. The van der Waals surface area contributed by atoms with Crippen molar-refractivity contribution in [3.63, 3.8) is 0 Å². The minimum Gasteiger partial charge on any atom is -0.496 e. The molecule has 18 heteroatoms. The molecule has 0 aromatic heterocycles. The number of esters is 6. The van der Waals surface area contributed by atoms with E-state index in [-0.39, 0.29) is 69.4 Å². The van der Waals surface area contributed by atoms with E-state index in [0.29, 0.717) is 0 Å². The maximum Gasteiger partial charge on any atom is 0.349 e. The van der Waals surface area contributed by atoms with Gasteiger partial charge in [0.2, 0.25) is 0 Å². The summed E-state index contributed by atoms with van der Waals surface area (Å²) in [5.41, 5.74) is 0.681. The maximum atomic E-state index is 13.2. The average Bonchev–Trinajstić information content (AvgIpc) is 3.92. The molecule has 0 aliphatic carbocycles. The number of benzene rings is 4. The van der Waals surface area contributed by atoms with Gasteiger partial charge in [0.05, 0.1) is 70.0 Å². The average molecular weight is 873 g/mol. The van der Waals surface area contributed by atoms with Gasteiger partial charge in [-0.3, -0.25) is 4.79 Å². The smallest absolute Gasteiger partial charge is 0.349 e. The molecule has 18 nitrogen and oxygen atoms in total. The molecule has 0 spiro atoms. The molecule has 2 saturated heterocycles. The number of methoxy groups -OCH3 is 3. The van der Waals surface area contributed by atoms with Crippen molar-refractivity contribution in [3.8, 4) is 23.3 Å². The van der Waals surface area contributed by atoms with Gasteiger partial charge in [0.25, 0.3) is 5.70 Å². The zero-order valence-corrected chi connectivity index (χ0v) is 34.1. The largest absolute Gasteiger partial charge is 0.496 e. The number of nitrogens with zero attached hydrogens (tertiary/aromatic N) is 2. The number of fused-ring (bicyclic) bond motifs is 1. The summed E-state index contributed by atoms with van der Waals surface area (Å²) in [6.45, 7) is 6.78. The van der Waals surface area contributed by atoms with E-state index in [2.05, 4.69) is 14.3 Å². The molecule has 2 heterocycles. The fourth-order valence-corrected chi connectivity index (χ4v) is 6.46. The second-order valence-electron chi connectivity index (χ2n) is 13.6. The lowest BCUT2D eigenvalue weighted by molar-refractivity contribution is -0.150. The second kappa shape index (κ2) is 20.6. The van der Waals surface area contributed by atoms with Crippen LogP contribution in [0.2, 0.25) is 0 Å². The normalized spacial score (nSPS) is 17.7. The molecule has 0 amide bonds. The number of hydrogen-bond acceptors (Lipinski definition) is 17. The summed E-state index contributed by atoms with van der Waals surface area (Å²) in [6, 6.07) is 21.5. The zero-order valence-electron chi connectivity index (χ0n) is 34.1. The molecule has 6 rings (SSSR count). The minimum atomic E-state index is -1.03. The molecule has 64 heavy (non-hydrogen) atoms. The van der Waals surface area contributed by atoms with Crippen molar-refractivity contribution in [1.82, 2.24) is 0 Å². The third-order valence-corrected chi connectivity index (χ3v) is 9.74. The third-order valence-electron chi connectivity index (χ3n) is 9.74. The molecule has 2 fully saturated rings. The summed E-state index contributed by atoms with van der Waals surface area (Å²) >= 11 is 0. The van der Waals surface area contributed by atoms with Gasteiger partial charge in [0, 0.05) is 11.6 Å². The Bertz CT molecular complexity index is 2440. The highest BCUT2D eigenvalue weighted by Gasteiger charge is 2.51. The second-order valence-corrected chi connectivity index (χ2v) is 13.6. The van der Waals surface area contributed by atoms with Gasteiger partial charge in [-0.15, -0.1) is 0 Å². The SMILES string of the molecule is [C-]#[N+]/C(=C\c1ccc(OC(=O)c2ccc(C(=O)OC)cc2)cc1OC)C(=O)O[C@@H]1CO[C@H]2[C@@H]1OC[C@@H]2OC(=O)/C(C#N)=C/c1ccc(OC(=O)c2ccc(C(=O)OC)cc2)cc1CO. The van der Waals surface area contributed by atoms with E-state index in [9.17, 15) is 39.1 Å². The van der Waals surface area contributed by atoms with Crippen LogP contribution in [0.5, 0.6) is 17.2 Å². The van der Waals surface area contributed by atoms with Crippen LogP contribution in [0.25, 0.3) is 17.0 Å². The van der Waals surface area contributed by atoms with Crippen molar-refractivity contribution in [2.24, 2.45) is 0 Å². The summed E-state index contributed by atoms with van der Waals surface area (Å²) in [6.07, 6.45) is -1.36. The van der Waals surface area contributed by atoms with Crippen LogP contribution in [0.4, 0.5) is 0 Å². The first-order valence-corrected chi connectivity index (χ1v) is 19.0. The molecule has 1 N–H and O–H groups in total. The lowest BCUT2D eigenvalue weighted by Crippen LogP contribution is -2.36. The van der Waals surface area contributed by atoms with Crippen molar-refractivity contribution in [3.05, 3.63) is 147 Å². The van der Waals surface area contributed by atoms with Gasteiger partial charge in [0.1, 0.15) is 41.1 Å². The topological polar surface area (TPSA) is 234 Å². The van der Waals surface area contributed by atoms with E-state index in [1.54, 1.807) is 6.07 Å². The molecule has 326 valence electrons. The molecule has 2 aliphatic heterocycles. The molecule has 0 saturated carbocycles. The van der Waals surface area contributed by atoms with Crippen molar-refractivity contribution in [1.29, 1.82) is 5.26 Å². The lowest BCUT2D eigenvalue weighted by Gasteiger charge is -2.17. The highest BCUT2D eigenvalue weighted by atomic mass is 16.7. The van der Waals surface area contributed by atoms with E-state index in [0.717, 1.165) is 0 Å². The molecule has 0 unspecified atom stereocenters. The molecular formula is C46H36N2O16. The maximum absolute atomic E-state index is 13.2. The summed E-state index contributed by atoms with van der Waals surface area (Å²) in [7, 11) is 3.81. The Kier molecular flexibility index (Phi) is 14.6. The van der Waals surface area contributed by atoms with E-state index in [1.807, 2.05) is 0 Å². The number of aliphatic hydroxyl groups excluding tert-OH is 1. The fraction of sp³-hybridized carbons (Fsp3) is 0.217. The van der Waals surface area contributed by atoms with Crippen molar-refractivity contribution in [2.75, 3.05) is 34.5 Å². The minimum absolute atomic E-state index is 0.0590. The Morgan fingerprint density at radius 2 is 1.16 bits per heavy atom. The Balaban J connectivity index is 1.05. The Morgan fingerprint density at radius 3 is 1.61 bits per heavy atom. The fourth-order valence-electron chi connectivity index (χ4n) is 6.46. The third kappa shape index (κ3) is 10.5. The van der Waals surface area contributed by atoms with Gasteiger partial charge in [-0.05, 0) is 96.1 Å². The molecule has 4 aromatic carbocycles. The van der Waals surface area contributed by atoms with E-state index < -0.39 is 78.1 Å². The molecule has 2 aliphatic rings. The van der Waals surface area contributed by atoms with Crippen LogP contribution in [0.15, 0.2) is 96.2 Å². The predicted octanol–water partition coefficient (Wildman–Crippen LogP) is 4.69. The number of carbonyl (C=O) groups is 6. The van der Waals surface area contributed by atoms with Crippen molar-refractivity contribution < 1.29 is 76.5 Å². The standard InChI is InChI=1S/C46H36N2O16/c1-48-35(19-30-14-16-34(20-36(30)56-2)62-44(53)28-11-7-26(8-12-28)42(51)58-4)46(55)64-38-24-60-39-37(23-59-40(38)39)63-45(54)31(21-47)17-29-13-15-33(18-32(29)22-49)61-43(52)27-9-5-25(6-10-27)41(50)57-3/h5-20,37-40,49H,22-24H2,2-4H3/b31-17+,35-19-/t37-,38+,39+,40+/m0/s1. The lowest BCUT2D eigenvalue weighted by atomic mass is 10.0. The summed E-state index contributed by atoms with van der Waals surface area (Å²) in [5, 5.41) is 19.9. The molecular weight excluding hydrogens is 837 g/mol. The van der Waals surface area contributed by atoms with Crippen LogP contribution in [0.1, 0.15) is 58.1 Å². The van der Waals surface area contributed by atoms with Crippen LogP contribution >= 0.6 is 0 Å². The summed E-state index contributed by atoms with van der Waals surface area (Å²) in [5.74, 6) is -4.33. The van der Waals surface area contributed by atoms with E-state index >= 15 is 0 Å². The molecule has 0 bridgehead atoms. The first-order chi connectivity index (χ1) is 30.9. The monoisotopic (exact) mass is 872 g/mol. The number of nitriles is 1. The van der Waals surface area contributed by atoms with Crippen LogP contribution in [0, 0.1) is 17.9 Å². The van der Waals surface area contributed by atoms with Gasteiger partial charge < -0.3 is 47.7 Å². The zero-order chi connectivity index (χ0) is 45.9.